The summed E-state index contributed by atoms with van der Waals surface area (Å²) in [5.41, 5.74) is 6.90. The number of thiazole rings is 1. The van der Waals surface area contributed by atoms with E-state index in [0.29, 0.717) is 11.6 Å². The number of piperidine rings is 1. The number of hydrogen-bond acceptors (Lipinski definition) is 5. The lowest BCUT2D eigenvalue weighted by Gasteiger charge is -2.26. The molecule has 7 heteroatoms. The number of anilines is 1. The van der Waals surface area contributed by atoms with Gasteiger partial charge in [-0.05, 0) is 30.5 Å². The predicted molar refractivity (Wildman–Crippen MR) is 93.3 cm³/mol. The van der Waals surface area contributed by atoms with Crippen molar-refractivity contribution in [1.82, 2.24) is 9.29 Å². The predicted octanol–water partition coefficient (Wildman–Crippen LogP) is 3.32. The van der Waals surface area contributed by atoms with Gasteiger partial charge in [0, 0.05) is 30.9 Å². The molecule has 0 aliphatic carbocycles. The highest BCUT2D eigenvalue weighted by Crippen LogP contribution is 2.35. The number of nitrogens with one attached hydrogen (secondary N) is 1. The van der Waals surface area contributed by atoms with E-state index in [1.165, 1.54) is 5.01 Å². The van der Waals surface area contributed by atoms with Crippen molar-refractivity contribution in [2.75, 3.05) is 18.4 Å². The largest absolute Gasteiger partial charge is 0.351 e. The molecule has 1 fully saturated rings. The molecule has 1 aliphatic rings. The van der Waals surface area contributed by atoms with Crippen LogP contribution >= 0.6 is 24.2 Å². The lowest BCUT2D eigenvalue weighted by molar-refractivity contribution is 0.259. The Kier molecular flexibility index (Phi) is 4.66. The van der Waals surface area contributed by atoms with Gasteiger partial charge < -0.3 is 11.1 Å². The van der Waals surface area contributed by atoms with Gasteiger partial charge in [0.05, 0.1) is 9.88 Å². The smallest absolute Gasteiger partial charge is 0.316 e. The summed E-state index contributed by atoms with van der Waals surface area (Å²) in [4.78, 5) is 16.6. The summed E-state index contributed by atoms with van der Waals surface area (Å²) >= 11 is 6.13. The topological polar surface area (TPSA) is 71.2 Å². The van der Waals surface area contributed by atoms with E-state index in [-0.39, 0.29) is 0 Å². The summed E-state index contributed by atoms with van der Waals surface area (Å²) in [6.07, 6.45) is 4.15. The summed E-state index contributed by atoms with van der Waals surface area (Å²) in [6, 6.07) is 7.08. The first-order valence-corrected chi connectivity index (χ1v) is 8.40. The van der Waals surface area contributed by atoms with Crippen molar-refractivity contribution in [3.05, 3.63) is 35.5 Å². The molecule has 0 atom stereocenters. The number of hydrogen-bond donors (Lipinski definition) is 3. The maximum atomic E-state index is 10.8. The third-order valence-corrected chi connectivity index (χ3v) is 5.39. The van der Waals surface area contributed by atoms with E-state index in [0.717, 1.165) is 36.4 Å². The Hall–Kier alpha value is -1.57. The molecule has 1 saturated heterocycles. The summed E-state index contributed by atoms with van der Waals surface area (Å²) < 4.78 is 2.06. The van der Waals surface area contributed by atoms with Gasteiger partial charge in [-0.3, -0.25) is 4.31 Å². The Morgan fingerprint density at radius 1 is 1.32 bits per heavy atom. The molecule has 2 amide bonds. The quantitative estimate of drug-likeness (QED) is 0.754. The van der Waals surface area contributed by atoms with Gasteiger partial charge in [0.25, 0.3) is 0 Å². The third kappa shape index (κ3) is 3.60. The SMILES string of the molecule is NC(=O)Nc1ccc(-c2cnc(C3CCN(S)CC3)s2)cc1. The van der Waals surface area contributed by atoms with Crippen LogP contribution < -0.4 is 11.1 Å². The number of amides is 2. The van der Waals surface area contributed by atoms with E-state index in [2.05, 4.69) is 27.4 Å². The molecule has 2 heterocycles. The van der Waals surface area contributed by atoms with Gasteiger partial charge in [0.1, 0.15) is 0 Å². The van der Waals surface area contributed by atoms with E-state index in [4.69, 9.17) is 5.73 Å². The first kappa shape index (κ1) is 15.3. The van der Waals surface area contributed by atoms with E-state index in [1.807, 2.05) is 30.5 Å². The highest BCUT2D eigenvalue weighted by atomic mass is 32.1. The minimum Gasteiger partial charge on any atom is -0.351 e. The standard InChI is InChI=1S/C15H18N4OS2/c16-15(20)18-12-3-1-10(2-4-12)13-9-17-14(22-13)11-5-7-19(21)8-6-11/h1-4,9,11,21H,5-8H2,(H3,16,18,20). The van der Waals surface area contributed by atoms with Gasteiger partial charge >= 0.3 is 6.03 Å². The second-order valence-electron chi connectivity index (χ2n) is 5.36. The maximum absolute atomic E-state index is 10.8. The Bertz CT molecular complexity index is 648. The van der Waals surface area contributed by atoms with Crippen LogP contribution in [-0.4, -0.2) is 28.4 Å². The van der Waals surface area contributed by atoms with Crippen molar-refractivity contribution < 1.29 is 4.79 Å². The zero-order chi connectivity index (χ0) is 15.5. The molecular weight excluding hydrogens is 316 g/mol. The first-order chi connectivity index (χ1) is 10.6. The van der Waals surface area contributed by atoms with Crippen LogP contribution in [0, 0.1) is 0 Å². The molecule has 1 aliphatic heterocycles. The summed E-state index contributed by atoms with van der Waals surface area (Å²) in [7, 11) is 0. The number of urea groups is 1. The van der Waals surface area contributed by atoms with E-state index in [9.17, 15) is 4.79 Å². The second-order valence-corrected chi connectivity index (χ2v) is 6.99. The van der Waals surface area contributed by atoms with Crippen LogP contribution in [-0.2, 0) is 0 Å². The number of nitrogens with zero attached hydrogens (tertiary/aromatic N) is 2. The van der Waals surface area contributed by atoms with Crippen LogP contribution in [0.1, 0.15) is 23.8 Å². The molecule has 0 spiro atoms. The van der Waals surface area contributed by atoms with E-state index < -0.39 is 6.03 Å². The van der Waals surface area contributed by atoms with Gasteiger partial charge in [-0.25, -0.2) is 9.78 Å². The fraction of sp³-hybridized carbons (Fsp3) is 0.333. The number of carbonyl (C=O) groups excluding carboxylic acids is 1. The number of benzene rings is 1. The van der Waals surface area contributed by atoms with Gasteiger partial charge in [-0.1, -0.05) is 24.9 Å². The van der Waals surface area contributed by atoms with Gasteiger partial charge in [-0.15, -0.1) is 11.3 Å². The zero-order valence-corrected chi connectivity index (χ0v) is 13.7. The lowest BCUT2D eigenvalue weighted by atomic mass is 9.99. The lowest BCUT2D eigenvalue weighted by Crippen LogP contribution is -2.25. The Morgan fingerprint density at radius 2 is 2.00 bits per heavy atom. The molecule has 22 heavy (non-hydrogen) atoms. The normalized spacial score (nSPS) is 16.6. The zero-order valence-electron chi connectivity index (χ0n) is 12.0. The van der Waals surface area contributed by atoms with E-state index in [1.54, 1.807) is 11.3 Å². The number of thiol groups is 1. The number of nitrogens with two attached hydrogens (primary N) is 1. The van der Waals surface area contributed by atoms with Crippen molar-refractivity contribution in [2.24, 2.45) is 5.73 Å². The van der Waals surface area contributed by atoms with Crippen molar-refractivity contribution in [3.8, 4) is 10.4 Å². The molecule has 0 saturated carbocycles. The molecular formula is C15H18N4OS2. The summed E-state index contributed by atoms with van der Waals surface area (Å²) in [5, 5.41) is 3.76. The molecule has 0 bridgehead atoms. The van der Waals surface area contributed by atoms with Gasteiger partial charge in [0.15, 0.2) is 0 Å². The molecule has 0 unspecified atom stereocenters. The van der Waals surface area contributed by atoms with Gasteiger partial charge in [-0.2, -0.15) is 0 Å². The van der Waals surface area contributed by atoms with Crippen molar-refractivity contribution in [1.29, 1.82) is 0 Å². The van der Waals surface area contributed by atoms with Crippen LogP contribution in [0.25, 0.3) is 10.4 Å². The van der Waals surface area contributed by atoms with E-state index >= 15 is 0 Å². The molecule has 0 radical (unpaired) electrons. The van der Waals surface area contributed by atoms with Crippen LogP contribution in [0.3, 0.4) is 0 Å². The minimum atomic E-state index is -0.552. The molecule has 2 aromatic rings. The Balaban J connectivity index is 1.72. The molecule has 116 valence electrons. The number of rotatable bonds is 3. The van der Waals surface area contributed by atoms with Crippen LogP contribution in [0.5, 0.6) is 0 Å². The average Bonchev–Trinajstić information content (AvgIpc) is 2.98. The van der Waals surface area contributed by atoms with Gasteiger partial charge in [0.2, 0.25) is 0 Å². The average molecular weight is 334 g/mol. The monoisotopic (exact) mass is 334 g/mol. The molecule has 1 aromatic carbocycles. The van der Waals surface area contributed by atoms with Crippen molar-refractivity contribution >= 4 is 35.9 Å². The maximum Gasteiger partial charge on any atom is 0.316 e. The molecule has 1 aromatic heterocycles. The third-order valence-electron chi connectivity index (χ3n) is 3.78. The number of primary amides is 1. The highest BCUT2D eigenvalue weighted by molar-refractivity contribution is 7.77. The molecule has 5 nitrogen and oxygen atoms in total. The summed E-state index contributed by atoms with van der Waals surface area (Å²) in [6.45, 7) is 2.02. The number of carbonyl (C=O) groups is 1. The van der Waals surface area contributed by atoms with Crippen molar-refractivity contribution in [2.45, 2.75) is 18.8 Å². The fourth-order valence-electron chi connectivity index (χ4n) is 2.58. The minimum absolute atomic E-state index is 0.540. The van der Waals surface area contributed by atoms with Crippen molar-refractivity contribution in [3.63, 3.8) is 0 Å². The molecule has 3 N–H and O–H groups in total. The van der Waals surface area contributed by atoms with Crippen LogP contribution in [0.4, 0.5) is 10.5 Å². The fourth-order valence-corrected chi connectivity index (χ4v) is 3.91. The molecule has 3 rings (SSSR count). The first-order valence-electron chi connectivity index (χ1n) is 7.18. The van der Waals surface area contributed by atoms with Crippen LogP contribution in [0.15, 0.2) is 30.5 Å². The second kappa shape index (κ2) is 6.68. The highest BCUT2D eigenvalue weighted by Gasteiger charge is 2.21. The Labute approximate surface area is 139 Å². The summed E-state index contributed by atoms with van der Waals surface area (Å²) in [5.74, 6) is 0.540. The number of aromatic nitrogens is 1. The van der Waals surface area contributed by atoms with Crippen LogP contribution in [0.2, 0.25) is 0 Å². The Morgan fingerprint density at radius 3 is 2.64 bits per heavy atom.